The molecule has 0 atom stereocenters. The molecule has 0 aliphatic carbocycles. The number of hydrogen-bond donors (Lipinski definition) is 0. The summed E-state index contributed by atoms with van der Waals surface area (Å²) in [6.07, 6.45) is 0. The van der Waals surface area contributed by atoms with Gasteiger partial charge in [0.1, 0.15) is 0 Å². The Morgan fingerprint density at radius 2 is 0.476 bits per heavy atom. The standard InChI is InChI=1S/C52H33N3.C46H30N2/c1-3-15-38(16-4-1)53-47-21-11-10-20-42(47)45-32-46-44-31-37(25-28-50(44)54(52(46)33-51(45)53)39-17-5-2-6-18-39)36-24-27-49-43(30-36)41-19-9-12-22-48(41)55(49)40-26-23-34-13-7-8-14-35(34)29-40;1-2-11-31(12-3-1)32-21-25-35(26-22-32)47-41-19-8-6-16-39(41)45-43(47)29-30-44-46(45)40-17-7-9-20-42(40)48(44)36-27-23-34(24-28-36)38-18-10-14-33-13-4-5-15-37(33)38/h1-33H;1-30H. The Balaban J connectivity index is 0.000000135. The average molecular weight is 1310 g/mol. The second-order valence-electron chi connectivity index (χ2n) is 27.1. The van der Waals surface area contributed by atoms with E-state index in [0.29, 0.717) is 0 Å². The number of para-hydroxylation sites is 6. The van der Waals surface area contributed by atoms with E-state index < -0.39 is 0 Å². The first-order valence-corrected chi connectivity index (χ1v) is 35.5. The first-order valence-electron chi connectivity index (χ1n) is 35.5. The molecular weight excluding hydrogens is 1250 g/mol. The van der Waals surface area contributed by atoms with Crippen molar-refractivity contribution in [2.24, 2.45) is 0 Å². The number of rotatable bonds is 8. The molecule has 5 heterocycles. The normalized spacial score (nSPS) is 11.9. The molecular formula is C98H63N5. The number of nitrogens with zero attached hydrogens (tertiary/aromatic N) is 5. The highest BCUT2D eigenvalue weighted by Gasteiger charge is 2.23. The molecule has 0 saturated carbocycles. The molecule has 0 amide bonds. The average Bonchev–Trinajstić information content (AvgIpc) is 1.55. The van der Waals surface area contributed by atoms with Gasteiger partial charge in [0.15, 0.2) is 0 Å². The lowest BCUT2D eigenvalue weighted by molar-refractivity contribution is 1.16. The van der Waals surface area contributed by atoms with Gasteiger partial charge in [-0.2, -0.15) is 0 Å². The minimum Gasteiger partial charge on any atom is -0.309 e. The zero-order valence-corrected chi connectivity index (χ0v) is 56.1. The summed E-state index contributed by atoms with van der Waals surface area (Å²) >= 11 is 0. The highest BCUT2D eigenvalue weighted by Crippen LogP contribution is 2.46. The van der Waals surface area contributed by atoms with Crippen molar-refractivity contribution >= 4 is 131 Å². The van der Waals surface area contributed by atoms with Crippen LogP contribution in [0.5, 0.6) is 0 Å². The molecule has 0 saturated heterocycles. The molecule has 22 rings (SSSR count). The fourth-order valence-electron chi connectivity index (χ4n) is 16.9. The molecule has 22 aromatic rings. The zero-order chi connectivity index (χ0) is 67.6. The van der Waals surface area contributed by atoms with E-state index in [4.69, 9.17) is 0 Å². The van der Waals surface area contributed by atoms with E-state index in [0.717, 1.165) is 22.7 Å². The van der Waals surface area contributed by atoms with Gasteiger partial charge in [0.05, 0.1) is 55.2 Å². The van der Waals surface area contributed by atoms with Crippen LogP contribution < -0.4 is 0 Å². The molecule has 0 aliphatic rings. The van der Waals surface area contributed by atoms with Gasteiger partial charge in [0.2, 0.25) is 0 Å². The molecule has 0 fully saturated rings. The van der Waals surface area contributed by atoms with Gasteiger partial charge in [0, 0.05) is 82.3 Å². The summed E-state index contributed by atoms with van der Waals surface area (Å²) in [5.41, 5.74) is 25.2. The smallest absolute Gasteiger partial charge is 0.0562 e. The lowest BCUT2D eigenvalue weighted by atomic mass is 9.98. The van der Waals surface area contributed by atoms with Crippen LogP contribution in [0.4, 0.5) is 0 Å². The highest BCUT2D eigenvalue weighted by atomic mass is 15.0. The first kappa shape index (κ1) is 58.2. The fourth-order valence-corrected chi connectivity index (χ4v) is 16.9. The van der Waals surface area contributed by atoms with E-state index in [1.807, 2.05) is 0 Å². The van der Waals surface area contributed by atoms with E-state index in [1.165, 1.54) is 170 Å². The Morgan fingerprint density at radius 3 is 1.03 bits per heavy atom. The maximum Gasteiger partial charge on any atom is 0.0562 e. The van der Waals surface area contributed by atoms with Crippen LogP contribution in [-0.2, 0) is 0 Å². The van der Waals surface area contributed by atoms with E-state index in [-0.39, 0.29) is 0 Å². The van der Waals surface area contributed by atoms with Crippen LogP contribution in [0.1, 0.15) is 0 Å². The maximum atomic E-state index is 2.43. The van der Waals surface area contributed by atoms with Crippen LogP contribution in [0.2, 0.25) is 0 Å². The molecule has 0 spiro atoms. The van der Waals surface area contributed by atoms with Gasteiger partial charge in [-0.05, 0) is 188 Å². The third kappa shape index (κ3) is 9.26. The highest BCUT2D eigenvalue weighted by molar-refractivity contribution is 6.29. The summed E-state index contributed by atoms with van der Waals surface area (Å²) < 4.78 is 12.1. The summed E-state index contributed by atoms with van der Waals surface area (Å²) in [5.74, 6) is 0. The van der Waals surface area contributed by atoms with Gasteiger partial charge in [-0.1, -0.05) is 249 Å². The van der Waals surface area contributed by atoms with Gasteiger partial charge in [-0.3, -0.25) is 0 Å². The molecule has 0 aliphatic heterocycles. The zero-order valence-electron chi connectivity index (χ0n) is 56.1. The Hall–Kier alpha value is -13.7. The SMILES string of the molecule is c1ccc(-c2ccc(-n3c4ccccc4c4c5c6ccccc6n(-c6ccc(-c7cccc8ccccc78)cc6)c5ccc43)cc2)cc1.c1ccc(-n2c3ccccc3c3cc4c5cc(-c6ccc7c(c6)c6ccccc6n7-c6ccc7ccccc7c6)ccc5n(-c5ccccc5)c4cc32)cc1. The summed E-state index contributed by atoms with van der Waals surface area (Å²) in [5, 5.41) is 17.7. The predicted octanol–water partition coefficient (Wildman–Crippen LogP) is 26.2. The van der Waals surface area contributed by atoms with E-state index in [1.54, 1.807) is 0 Å². The molecule has 5 nitrogen and oxygen atoms in total. The van der Waals surface area contributed by atoms with Gasteiger partial charge >= 0.3 is 0 Å². The van der Waals surface area contributed by atoms with Crippen molar-refractivity contribution in [3.05, 3.63) is 382 Å². The predicted molar refractivity (Wildman–Crippen MR) is 436 cm³/mol. The molecule has 0 radical (unpaired) electrons. The maximum absolute atomic E-state index is 2.43. The molecule has 0 N–H and O–H groups in total. The Labute approximate surface area is 593 Å². The lowest BCUT2D eigenvalue weighted by Crippen LogP contribution is -1.95. The minimum absolute atomic E-state index is 1.15. The molecule has 480 valence electrons. The third-order valence-electron chi connectivity index (χ3n) is 21.5. The second-order valence-corrected chi connectivity index (χ2v) is 27.1. The molecule has 5 aromatic heterocycles. The molecule has 17 aromatic carbocycles. The van der Waals surface area contributed by atoms with Crippen molar-refractivity contribution < 1.29 is 0 Å². The van der Waals surface area contributed by atoms with E-state index >= 15 is 0 Å². The number of hydrogen-bond acceptors (Lipinski definition) is 0. The van der Waals surface area contributed by atoms with Crippen LogP contribution in [-0.4, -0.2) is 22.8 Å². The van der Waals surface area contributed by atoms with Crippen LogP contribution >= 0.6 is 0 Å². The summed E-state index contributed by atoms with van der Waals surface area (Å²) in [6, 6.07) is 139. The van der Waals surface area contributed by atoms with Crippen molar-refractivity contribution in [2.45, 2.75) is 0 Å². The monoisotopic (exact) mass is 1310 g/mol. The van der Waals surface area contributed by atoms with Crippen molar-refractivity contribution in [2.75, 3.05) is 0 Å². The Morgan fingerprint density at radius 1 is 0.136 bits per heavy atom. The quantitative estimate of drug-likeness (QED) is 0.145. The number of benzene rings is 17. The van der Waals surface area contributed by atoms with Crippen molar-refractivity contribution in [1.29, 1.82) is 0 Å². The molecule has 103 heavy (non-hydrogen) atoms. The van der Waals surface area contributed by atoms with E-state index in [2.05, 4.69) is 405 Å². The van der Waals surface area contributed by atoms with Crippen molar-refractivity contribution in [3.63, 3.8) is 0 Å². The third-order valence-corrected chi connectivity index (χ3v) is 21.5. The van der Waals surface area contributed by atoms with Crippen LogP contribution in [0.15, 0.2) is 382 Å². The van der Waals surface area contributed by atoms with E-state index in [9.17, 15) is 0 Å². The molecule has 5 heteroatoms. The second kappa shape index (κ2) is 23.5. The van der Waals surface area contributed by atoms with Gasteiger partial charge in [-0.15, -0.1) is 0 Å². The van der Waals surface area contributed by atoms with Gasteiger partial charge < -0.3 is 22.8 Å². The van der Waals surface area contributed by atoms with Gasteiger partial charge in [-0.25, -0.2) is 0 Å². The van der Waals surface area contributed by atoms with Crippen LogP contribution in [0, 0.1) is 0 Å². The van der Waals surface area contributed by atoms with Crippen LogP contribution in [0.25, 0.3) is 192 Å². The topological polar surface area (TPSA) is 24.6 Å². The van der Waals surface area contributed by atoms with Crippen LogP contribution in [0.3, 0.4) is 0 Å². The number of fused-ring (bicyclic) bond motifs is 18. The van der Waals surface area contributed by atoms with Crippen molar-refractivity contribution in [1.82, 2.24) is 22.8 Å². The molecule has 0 unspecified atom stereocenters. The summed E-state index contributed by atoms with van der Waals surface area (Å²) in [6.45, 7) is 0. The van der Waals surface area contributed by atoms with Crippen molar-refractivity contribution in [3.8, 4) is 61.8 Å². The first-order chi connectivity index (χ1) is 51.1. The molecule has 0 bridgehead atoms. The fraction of sp³-hybridized carbons (Fsp3) is 0. The Kier molecular flexibility index (Phi) is 13.3. The summed E-state index contributed by atoms with van der Waals surface area (Å²) in [7, 11) is 0. The summed E-state index contributed by atoms with van der Waals surface area (Å²) in [4.78, 5) is 0. The minimum atomic E-state index is 1.15. The van der Waals surface area contributed by atoms with Gasteiger partial charge in [0.25, 0.3) is 0 Å². The largest absolute Gasteiger partial charge is 0.309 e. The Bertz CT molecular complexity index is 7120. The lowest BCUT2D eigenvalue weighted by Gasteiger charge is -2.11. The number of aromatic nitrogens is 5.